The zero-order valence-electron chi connectivity index (χ0n) is 16.8. The number of ether oxygens (including phenoxy) is 1. The maximum atomic E-state index is 12.3. The molecule has 7 nitrogen and oxygen atoms in total. The third-order valence-corrected chi connectivity index (χ3v) is 5.55. The number of aryl methyl sites for hydroxylation is 1. The quantitative estimate of drug-likeness (QED) is 0.437. The second kappa shape index (κ2) is 9.47. The maximum absolute atomic E-state index is 12.3. The van der Waals surface area contributed by atoms with E-state index in [-0.39, 0.29) is 17.7 Å². The van der Waals surface area contributed by atoms with Crippen molar-refractivity contribution in [1.82, 2.24) is 20.2 Å². The second-order valence-electron chi connectivity index (χ2n) is 6.58. The van der Waals surface area contributed by atoms with Gasteiger partial charge in [-0.3, -0.25) is 4.79 Å². The van der Waals surface area contributed by atoms with E-state index in [1.165, 1.54) is 22.0 Å². The van der Waals surface area contributed by atoms with Gasteiger partial charge in [0.1, 0.15) is 5.75 Å². The molecule has 1 atom stereocenters. The fraction of sp³-hybridized carbons (Fsp3) is 0.286. The van der Waals surface area contributed by atoms with Crippen molar-refractivity contribution in [3.8, 4) is 17.1 Å². The van der Waals surface area contributed by atoms with Crippen molar-refractivity contribution in [2.45, 2.75) is 31.5 Å². The topological polar surface area (TPSA) is 95.1 Å². The molecular formula is C21H25N5O2S. The van der Waals surface area contributed by atoms with E-state index in [1.54, 1.807) is 7.11 Å². The summed E-state index contributed by atoms with van der Waals surface area (Å²) >= 11 is 1.25. The van der Waals surface area contributed by atoms with Crippen LogP contribution in [0.3, 0.4) is 0 Å². The van der Waals surface area contributed by atoms with Crippen LogP contribution in [0.25, 0.3) is 11.4 Å². The number of aromatic nitrogens is 3. The number of thioether (sulfide) groups is 1. The smallest absolute Gasteiger partial charge is 0.230 e. The van der Waals surface area contributed by atoms with Gasteiger partial charge in [-0.05, 0) is 48.7 Å². The molecule has 0 aliphatic heterocycles. The molecule has 0 radical (unpaired) electrons. The molecule has 0 spiro atoms. The van der Waals surface area contributed by atoms with Crippen LogP contribution in [-0.2, 0) is 11.2 Å². The number of methoxy groups -OCH3 is 1. The van der Waals surface area contributed by atoms with Crippen molar-refractivity contribution in [1.29, 1.82) is 0 Å². The minimum absolute atomic E-state index is 0.0698. The van der Waals surface area contributed by atoms with Gasteiger partial charge >= 0.3 is 0 Å². The molecule has 0 aliphatic carbocycles. The molecule has 3 N–H and O–H groups in total. The Labute approximate surface area is 174 Å². The molecule has 8 heteroatoms. The summed E-state index contributed by atoms with van der Waals surface area (Å²) in [7, 11) is 1.61. The molecule has 1 amide bonds. The fourth-order valence-electron chi connectivity index (χ4n) is 2.85. The van der Waals surface area contributed by atoms with Crippen molar-refractivity contribution in [2.24, 2.45) is 0 Å². The lowest BCUT2D eigenvalue weighted by Crippen LogP contribution is -2.28. The van der Waals surface area contributed by atoms with Crippen LogP contribution >= 0.6 is 11.8 Å². The number of nitrogens with two attached hydrogens (primary N) is 1. The fourth-order valence-corrected chi connectivity index (χ4v) is 3.52. The number of benzene rings is 2. The maximum Gasteiger partial charge on any atom is 0.230 e. The molecule has 152 valence electrons. The predicted octanol–water partition coefficient (Wildman–Crippen LogP) is 3.20. The summed E-state index contributed by atoms with van der Waals surface area (Å²) in [6.45, 7) is 4.09. The Kier molecular flexibility index (Phi) is 6.77. The molecule has 0 bridgehead atoms. The van der Waals surface area contributed by atoms with Crippen LogP contribution in [0.1, 0.15) is 31.0 Å². The normalized spacial score (nSPS) is 11.8. The molecule has 1 aromatic heterocycles. The molecule has 1 heterocycles. The van der Waals surface area contributed by atoms with E-state index in [0.717, 1.165) is 23.3 Å². The summed E-state index contributed by atoms with van der Waals surface area (Å²) in [6, 6.07) is 15.6. The largest absolute Gasteiger partial charge is 0.497 e. The van der Waals surface area contributed by atoms with E-state index in [4.69, 9.17) is 10.6 Å². The summed E-state index contributed by atoms with van der Waals surface area (Å²) in [5.41, 5.74) is 3.17. The SMILES string of the molecule is CCc1ccc([C@@H](C)NC(=O)CSc2nnc(-c3ccc(OC)cc3)n2N)cc1. The number of carbonyl (C=O) groups excluding carboxylic acids is 1. The summed E-state index contributed by atoms with van der Waals surface area (Å²) < 4.78 is 6.55. The van der Waals surface area contributed by atoms with Gasteiger partial charge in [-0.2, -0.15) is 0 Å². The highest BCUT2D eigenvalue weighted by molar-refractivity contribution is 7.99. The first kappa shape index (κ1) is 20.7. The minimum Gasteiger partial charge on any atom is -0.497 e. The van der Waals surface area contributed by atoms with Gasteiger partial charge in [0, 0.05) is 5.56 Å². The number of hydrogen-bond acceptors (Lipinski definition) is 6. The van der Waals surface area contributed by atoms with Crippen molar-refractivity contribution in [2.75, 3.05) is 18.7 Å². The van der Waals surface area contributed by atoms with Gasteiger partial charge in [-0.15, -0.1) is 10.2 Å². The molecule has 0 aliphatic rings. The van der Waals surface area contributed by atoms with Gasteiger partial charge in [0.15, 0.2) is 5.82 Å². The average molecular weight is 412 g/mol. The first-order chi connectivity index (χ1) is 14.0. The lowest BCUT2D eigenvalue weighted by atomic mass is 10.1. The zero-order valence-corrected chi connectivity index (χ0v) is 17.6. The Morgan fingerprint density at radius 2 is 1.86 bits per heavy atom. The number of amides is 1. The highest BCUT2D eigenvalue weighted by atomic mass is 32.2. The van der Waals surface area contributed by atoms with Crippen molar-refractivity contribution in [3.05, 3.63) is 59.7 Å². The van der Waals surface area contributed by atoms with Crippen LogP contribution in [0.15, 0.2) is 53.7 Å². The monoisotopic (exact) mass is 411 g/mol. The van der Waals surface area contributed by atoms with Crippen LogP contribution in [0.2, 0.25) is 0 Å². The average Bonchev–Trinajstić information content (AvgIpc) is 3.12. The van der Waals surface area contributed by atoms with Crippen LogP contribution in [0.5, 0.6) is 5.75 Å². The molecule has 0 fully saturated rings. The van der Waals surface area contributed by atoms with Gasteiger partial charge in [-0.25, -0.2) is 4.68 Å². The predicted molar refractivity (Wildman–Crippen MR) is 115 cm³/mol. The number of nitrogens with one attached hydrogen (secondary N) is 1. The molecule has 2 aromatic carbocycles. The second-order valence-corrected chi connectivity index (χ2v) is 7.52. The van der Waals surface area contributed by atoms with E-state index in [9.17, 15) is 4.79 Å². The third kappa shape index (κ3) is 5.08. The third-order valence-electron chi connectivity index (χ3n) is 4.61. The molecule has 3 rings (SSSR count). The first-order valence-corrected chi connectivity index (χ1v) is 10.4. The molecule has 0 saturated carbocycles. The lowest BCUT2D eigenvalue weighted by Gasteiger charge is -2.14. The van der Waals surface area contributed by atoms with Gasteiger partial charge < -0.3 is 15.9 Å². The Balaban J connectivity index is 1.57. The first-order valence-electron chi connectivity index (χ1n) is 9.37. The Morgan fingerprint density at radius 3 is 2.48 bits per heavy atom. The Bertz CT molecular complexity index is 954. The van der Waals surface area contributed by atoms with Crippen LogP contribution < -0.4 is 15.9 Å². The minimum atomic E-state index is -0.0870. The van der Waals surface area contributed by atoms with Crippen LogP contribution in [0.4, 0.5) is 0 Å². The number of carbonyl (C=O) groups is 1. The highest BCUT2D eigenvalue weighted by Crippen LogP contribution is 2.23. The van der Waals surface area contributed by atoms with Gasteiger partial charge in [0.05, 0.1) is 18.9 Å². The Morgan fingerprint density at radius 1 is 1.17 bits per heavy atom. The summed E-state index contributed by atoms with van der Waals surface area (Å²) in [4.78, 5) is 12.3. The number of nitrogen functional groups attached to an aromatic ring is 1. The standard InChI is InChI=1S/C21H25N5O2S/c1-4-15-5-7-16(8-6-15)14(2)23-19(27)13-29-21-25-24-20(26(21)22)17-9-11-18(28-3)12-10-17/h5-12,14H,4,13,22H2,1-3H3,(H,23,27)/t14-/m1/s1. The molecule has 3 aromatic rings. The number of rotatable bonds is 8. The molecular weight excluding hydrogens is 386 g/mol. The van der Waals surface area contributed by atoms with Gasteiger partial charge in [-0.1, -0.05) is 43.0 Å². The zero-order chi connectivity index (χ0) is 20.8. The van der Waals surface area contributed by atoms with E-state index >= 15 is 0 Å². The lowest BCUT2D eigenvalue weighted by molar-refractivity contribution is -0.119. The van der Waals surface area contributed by atoms with Crippen LogP contribution in [0, 0.1) is 0 Å². The van der Waals surface area contributed by atoms with Crippen molar-refractivity contribution in [3.63, 3.8) is 0 Å². The van der Waals surface area contributed by atoms with E-state index < -0.39 is 0 Å². The van der Waals surface area contributed by atoms with E-state index in [2.05, 4.69) is 46.7 Å². The van der Waals surface area contributed by atoms with Crippen molar-refractivity contribution < 1.29 is 9.53 Å². The van der Waals surface area contributed by atoms with Crippen LogP contribution in [-0.4, -0.2) is 33.6 Å². The summed E-state index contributed by atoms with van der Waals surface area (Å²) in [5.74, 6) is 7.52. The molecule has 29 heavy (non-hydrogen) atoms. The summed E-state index contributed by atoms with van der Waals surface area (Å²) in [5, 5.41) is 11.7. The van der Waals surface area contributed by atoms with Gasteiger partial charge in [0.2, 0.25) is 11.1 Å². The number of nitrogens with zero attached hydrogens (tertiary/aromatic N) is 3. The van der Waals surface area contributed by atoms with Crippen molar-refractivity contribution >= 4 is 17.7 Å². The Hall–Kier alpha value is -3.00. The summed E-state index contributed by atoms with van der Waals surface area (Å²) in [6.07, 6.45) is 0.996. The number of hydrogen-bond donors (Lipinski definition) is 2. The highest BCUT2D eigenvalue weighted by Gasteiger charge is 2.15. The van der Waals surface area contributed by atoms with E-state index in [1.807, 2.05) is 31.2 Å². The van der Waals surface area contributed by atoms with Gasteiger partial charge in [0.25, 0.3) is 0 Å². The molecule has 0 saturated heterocycles. The molecule has 0 unspecified atom stereocenters. The van der Waals surface area contributed by atoms with E-state index in [0.29, 0.717) is 11.0 Å².